The minimum absolute atomic E-state index is 0.214. The van der Waals surface area contributed by atoms with Crippen molar-refractivity contribution in [1.29, 1.82) is 0 Å². The second kappa shape index (κ2) is 16.2. The SMILES string of the molecule is FC(F)(F)C(F)(F)C(F)(F)C(F)(F)C(F)(F)C(F)(F)C(F)(F)C(F)(F)CCOC(OCCC(F)(F)C(F)(F)C(F)(F)C(F)(F)C(F)(F)C(F)(F)C(F)(F)C(F)(F)F)c1cccnc1. The zero-order chi connectivity index (χ0) is 50.9. The van der Waals surface area contributed by atoms with E-state index in [2.05, 4.69) is 14.5 Å². The molecular formula is C26H13F34NO2. The van der Waals surface area contributed by atoms with E-state index in [1.54, 1.807) is 0 Å². The summed E-state index contributed by atoms with van der Waals surface area (Å²) in [6.07, 6.45) is -25.3. The van der Waals surface area contributed by atoms with Gasteiger partial charge in [-0.1, -0.05) is 6.07 Å². The van der Waals surface area contributed by atoms with Crippen LogP contribution in [0.15, 0.2) is 24.5 Å². The van der Waals surface area contributed by atoms with E-state index in [0.717, 1.165) is 0 Å². The lowest BCUT2D eigenvalue weighted by Crippen LogP contribution is -2.74. The Morgan fingerprint density at radius 2 is 0.587 bits per heavy atom. The maximum absolute atomic E-state index is 14.2. The summed E-state index contributed by atoms with van der Waals surface area (Å²) < 4.78 is 466. The number of hydrogen-bond donors (Lipinski definition) is 0. The number of ether oxygens (including phenoxy) is 2. The molecule has 0 spiro atoms. The lowest BCUT2D eigenvalue weighted by atomic mass is 9.88. The third kappa shape index (κ3) is 8.53. The van der Waals surface area contributed by atoms with Crippen molar-refractivity contribution >= 4 is 0 Å². The Bertz CT molecular complexity index is 1590. The first-order valence-electron chi connectivity index (χ1n) is 14.7. The molecule has 3 nitrogen and oxygen atoms in total. The van der Waals surface area contributed by atoms with Gasteiger partial charge >= 0.3 is 95.3 Å². The Kier molecular flexibility index (Phi) is 14.9. The second-order valence-electron chi connectivity index (χ2n) is 12.2. The number of hydrogen-bond acceptors (Lipinski definition) is 3. The quantitative estimate of drug-likeness (QED) is 0.0908. The summed E-state index contributed by atoms with van der Waals surface area (Å²) in [4.78, 5) is 3.09. The van der Waals surface area contributed by atoms with E-state index in [-0.39, 0.29) is 6.20 Å². The highest BCUT2D eigenvalue weighted by Gasteiger charge is 2.97. The number of aromatic nitrogens is 1. The Hall–Kier alpha value is -3.31. The second-order valence-corrected chi connectivity index (χ2v) is 12.2. The van der Waals surface area contributed by atoms with Crippen molar-refractivity contribution in [2.45, 2.75) is 114 Å². The predicted molar refractivity (Wildman–Crippen MR) is 129 cm³/mol. The van der Waals surface area contributed by atoms with Gasteiger partial charge in [-0.25, -0.2) is 0 Å². The van der Waals surface area contributed by atoms with Gasteiger partial charge in [0.15, 0.2) is 6.29 Å². The number of nitrogens with zero attached hydrogens (tertiary/aromatic N) is 1. The third-order valence-electron chi connectivity index (χ3n) is 7.90. The van der Waals surface area contributed by atoms with Crippen molar-refractivity contribution in [3.8, 4) is 0 Å². The maximum atomic E-state index is 14.2. The average Bonchev–Trinajstić information content (AvgIpc) is 3.09. The smallest absolute Gasteiger partial charge is 0.348 e. The molecule has 0 unspecified atom stereocenters. The fraction of sp³-hybridized carbons (Fsp3) is 0.808. The lowest BCUT2D eigenvalue weighted by Gasteiger charge is -2.43. The number of halogens is 34. The third-order valence-corrected chi connectivity index (χ3v) is 7.90. The van der Waals surface area contributed by atoms with Crippen LogP contribution in [-0.4, -0.2) is 113 Å². The van der Waals surface area contributed by atoms with Gasteiger partial charge < -0.3 is 9.47 Å². The van der Waals surface area contributed by atoms with Gasteiger partial charge in [-0.2, -0.15) is 149 Å². The summed E-state index contributed by atoms with van der Waals surface area (Å²) in [6.45, 7) is -5.32. The molecule has 1 aromatic rings. The minimum Gasteiger partial charge on any atom is -0.348 e. The molecule has 0 aromatic carbocycles. The predicted octanol–water partition coefficient (Wildman–Crippen LogP) is 12.9. The molecule has 0 atom stereocenters. The van der Waals surface area contributed by atoms with Crippen LogP contribution in [0.5, 0.6) is 0 Å². The molecule has 1 heterocycles. The molecule has 0 aliphatic carbocycles. The fourth-order valence-electron chi connectivity index (χ4n) is 4.05. The standard InChI is InChI=1S/C26H13F34NO2/c27-11(28,13(31,32)15(35,36)17(39,40)19(43,44)21(47,48)23(51,52)25(55,56)57)3-6-62-10(9-2-1-5-61-8-9)63-7-4-12(29,30)14(33,34)16(37,38)18(41,42)20(45,46)22(49,50)24(53,54)26(58,59)60/h1-2,5,8,10H,3-4,6-7H2. The first-order chi connectivity index (χ1) is 27.2. The van der Waals surface area contributed by atoms with E-state index in [1.807, 2.05) is 0 Å². The number of rotatable bonds is 21. The zero-order valence-electron chi connectivity index (χ0n) is 28.3. The van der Waals surface area contributed by atoms with Crippen molar-refractivity contribution in [1.82, 2.24) is 4.98 Å². The summed E-state index contributed by atoms with van der Waals surface area (Å²) in [7, 11) is 0. The van der Waals surface area contributed by atoms with E-state index in [9.17, 15) is 149 Å². The van der Waals surface area contributed by atoms with Gasteiger partial charge in [-0.15, -0.1) is 0 Å². The molecule has 1 aromatic heterocycles. The number of pyridine rings is 1. The number of alkyl halides is 34. The van der Waals surface area contributed by atoms with Crippen LogP contribution < -0.4 is 0 Å². The summed E-state index contributed by atoms with van der Waals surface area (Å²) in [6, 6.07) is 0.987. The summed E-state index contributed by atoms with van der Waals surface area (Å²) in [5, 5.41) is 0. The Labute approximate surface area is 322 Å². The fourth-order valence-corrected chi connectivity index (χ4v) is 4.05. The minimum atomic E-state index is -9.04. The highest BCUT2D eigenvalue weighted by atomic mass is 19.4. The van der Waals surface area contributed by atoms with Crippen LogP contribution in [0.2, 0.25) is 0 Å². The van der Waals surface area contributed by atoms with Crippen molar-refractivity contribution in [3.05, 3.63) is 30.1 Å². The molecular weight excluding hydrogens is 1000 g/mol. The molecule has 372 valence electrons. The zero-order valence-corrected chi connectivity index (χ0v) is 28.3. The highest BCUT2D eigenvalue weighted by molar-refractivity contribution is 5.17. The van der Waals surface area contributed by atoms with Crippen molar-refractivity contribution in [3.63, 3.8) is 0 Å². The van der Waals surface area contributed by atoms with Gasteiger partial charge in [-0.05, 0) is 6.07 Å². The Balaban J connectivity index is 3.47. The van der Waals surface area contributed by atoms with Crippen LogP contribution >= 0.6 is 0 Å². The van der Waals surface area contributed by atoms with E-state index >= 15 is 0 Å². The molecule has 0 saturated carbocycles. The topological polar surface area (TPSA) is 31.4 Å². The monoisotopic (exact) mass is 1020 g/mol. The van der Waals surface area contributed by atoms with Gasteiger partial charge in [-0.3, -0.25) is 4.98 Å². The van der Waals surface area contributed by atoms with Gasteiger partial charge in [0.2, 0.25) is 0 Å². The first kappa shape index (κ1) is 57.7. The summed E-state index contributed by atoms with van der Waals surface area (Å²) in [5.74, 6) is -120. The van der Waals surface area contributed by atoms with Gasteiger partial charge in [0.25, 0.3) is 0 Å². The average molecular weight is 1020 g/mol. The van der Waals surface area contributed by atoms with Crippen LogP contribution in [0, 0.1) is 0 Å². The molecule has 0 bridgehead atoms. The van der Waals surface area contributed by atoms with Crippen LogP contribution in [0.25, 0.3) is 0 Å². The first-order valence-corrected chi connectivity index (χ1v) is 14.7. The lowest BCUT2D eigenvalue weighted by molar-refractivity contribution is -0.462. The van der Waals surface area contributed by atoms with E-state index < -0.39 is 133 Å². The van der Waals surface area contributed by atoms with Crippen LogP contribution in [0.3, 0.4) is 0 Å². The molecule has 0 aliphatic rings. The van der Waals surface area contributed by atoms with Crippen molar-refractivity contribution in [2.75, 3.05) is 13.2 Å². The van der Waals surface area contributed by atoms with Crippen molar-refractivity contribution < 1.29 is 159 Å². The molecule has 37 heteroatoms. The molecule has 0 N–H and O–H groups in total. The largest absolute Gasteiger partial charge is 0.460 e. The van der Waals surface area contributed by atoms with E-state index in [4.69, 9.17) is 0 Å². The summed E-state index contributed by atoms with van der Waals surface area (Å²) >= 11 is 0. The van der Waals surface area contributed by atoms with E-state index in [1.165, 1.54) is 0 Å². The molecule has 1 rings (SSSR count). The normalized spacial score (nSPS) is 16.3. The molecule has 0 radical (unpaired) electrons. The molecule has 0 amide bonds. The van der Waals surface area contributed by atoms with Gasteiger partial charge in [0.05, 0.1) is 13.2 Å². The maximum Gasteiger partial charge on any atom is 0.460 e. The summed E-state index contributed by atoms with van der Waals surface area (Å²) in [5.41, 5.74) is -1.11. The van der Waals surface area contributed by atoms with Crippen LogP contribution in [-0.2, 0) is 9.47 Å². The van der Waals surface area contributed by atoms with Gasteiger partial charge in [0.1, 0.15) is 0 Å². The van der Waals surface area contributed by atoms with E-state index in [0.29, 0.717) is 18.3 Å². The Morgan fingerprint density at radius 3 is 0.810 bits per heavy atom. The van der Waals surface area contributed by atoms with Crippen LogP contribution in [0.4, 0.5) is 149 Å². The highest BCUT2D eigenvalue weighted by Crippen LogP contribution is 2.66. The molecule has 0 saturated heterocycles. The Morgan fingerprint density at radius 1 is 0.349 bits per heavy atom. The van der Waals surface area contributed by atoms with Crippen LogP contribution in [0.1, 0.15) is 24.7 Å². The molecule has 63 heavy (non-hydrogen) atoms. The van der Waals surface area contributed by atoms with Crippen molar-refractivity contribution in [2.24, 2.45) is 0 Å². The van der Waals surface area contributed by atoms with Gasteiger partial charge in [0, 0.05) is 30.8 Å². The molecule has 0 aliphatic heterocycles. The molecule has 0 fully saturated rings.